The van der Waals surface area contributed by atoms with E-state index in [0.29, 0.717) is 11.3 Å². The van der Waals surface area contributed by atoms with E-state index in [1.165, 1.54) is 6.07 Å². The highest BCUT2D eigenvalue weighted by atomic mass is 32.2. The smallest absolute Gasteiger partial charge is 0.262 e. The van der Waals surface area contributed by atoms with Crippen molar-refractivity contribution in [1.82, 2.24) is 5.32 Å². The van der Waals surface area contributed by atoms with Crippen molar-refractivity contribution in [2.75, 3.05) is 4.72 Å². The number of aryl methyl sites for hydroxylation is 3. The zero-order valence-corrected chi connectivity index (χ0v) is 20.8. The maximum absolute atomic E-state index is 13.3. The zero-order chi connectivity index (χ0) is 25.0. The molecule has 5 nitrogen and oxygen atoms in total. The number of hydrogen-bond acceptors (Lipinski definition) is 3. The molecule has 35 heavy (non-hydrogen) atoms. The summed E-state index contributed by atoms with van der Waals surface area (Å²) in [6.45, 7) is 5.47. The number of nitrogens with one attached hydrogen (secondary N) is 2. The quantitative estimate of drug-likeness (QED) is 0.341. The first-order valence-corrected chi connectivity index (χ1v) is 12.8. The first kappa shape index (κ1) is 24.2. The number of carbonyl (C=O) groups is 1. The van der Waals surface area contributed by atoms with E-state index in [1.807, 2.05) is 86.6 Å². The van der Waals surface area contributed by atoms with Crippen molar-refractivity contribution in [2.24, 2.45) is 0 Å². The molecule has 6 heteroatoms. The molecule has 0 aromatic heterocycles. The van der Waals surface area contributed by atoms with Gasteiger partial charge in [0.15, 0.2) is 0 Å². The third-order valence-corrected chi connectivity index (χ3v) is 7.43. The van der Waals surface area contributed by atoms with Crippen molar-refractivity contribution in [1.29, 1.82) is 0 Å². The lowest BCUT2D eigenvalue weighted by Crippen LogP contribution is -2.29. The molecule has 4 aromatic rings. The van der Waals surface area contributed by atoms with Crippen LogP contribution in [0.2, 0.25) is 0 Å². The molecule has 0 bridgehead atoms. The molecule has 0 aliphatic carbocycles. The van der Waals surface area contributed by atoms with Gasteiger partial charge in [0.05, 0.1) is 16.6 Å². The average Bonchev–Trinajstić information content (AvgIpc) is 2.85. The predicted molar refractivity (Wildman–Crippen MR) is 140 cm³/mol. The normalized spacial score (nSPS) is 11.3. The Morgan fingerprint density at radius 1 is 0.714 bits per heavy atom. The lowest BCUT2D eigenvalue weighted by Gasteiger charge is -2.20. The minimum Gasteiger partial charge on any atom is -0.341 e. The number of carbonyl (C=O) groups excluding carboxylic acids is 1. The van der Waals surface area contributed by atoms with E-state index in [4.69, 9.17) is 0 Å². The fourth-order valence-corrected chi connectivity index (χ4v) is 5.33. The van der Waals surface area contributed by atoms with Gasteiger partial charge in [0.1, 0.15) is 0 Å². The fourth-order valence-electron chi connectivity index (χ4n) is 3.94. The third kappa shape index (κ3) is 5.61. The standard InChI is InChI=1S/C29H28N2O3S/c1-20-14-15-21(2)26(18-20)31-35(33,34)27-19-25(17-16-22(27)3)29(32)30-28(23-10-6-4-7-11-23)24-12-8-5-9-13-24/h4-19,28,31H,1-3H3,(H,30,32). The van der Waals surface area contributed by atoms with Crippen LogP contribution in [-0.2, 0) is 10.0 Å². The molecule has 0 saturated carbocycles. The summed E-state index contributed by atoms with van der Waals surface area (Å²) in [6.07, 6.45) is 0. The van der Waals surface area contributed by atoms with Crippen LogP contribution in [0.25, 0.3) is 0 Å². The molecule has 0 saturated heterocycles. The Bertz CT molecular complexity index is 1410. The topological polar surface area (TPSA) is 75.3 Å². The van der Waals surface area contributed by atoms with Crippen molar-refractivity contribution in [3.63, 3.8) is 0 Å². The number of hydrogen-bond donors (Lipinski definition) is 2. The van der Waals surface area contributed by atoms with Gasteiger partial charge >= 0.3 is 0 Å². The van der Waals surface area contributed by atoms with Crippen LogP contribution in [0.4, 0.5) is 5.69 Å². The number of benzene rings is 4. The molecular weight excluding hydrogens is 456 g/mol. The van der Waals surface area contributed by atoms with Gasteiger partial charge in [-0.3, -0.25) is 9.52 Å². The van der Waals surface area contributed by atoms with Crippen molar-refractivity contribution in [3.05, 3.63) is 130 Å². The molecule has 4 aromatic carbocycles. The summed E-state index contributed by atoms with van der Waals surface area (Å²) in [5, 5.41) is 3.08. The molecule has 0 atom stereocenters. The highest BCUT2D eigenvalue weighted by molar-refractivity contribution is 7.92. The summed E-state index contributed by atoms with van der Waals surface area (Å²) in [7, 11) is -3.90. The molecule has 178 valence electrons. The van der Waals surface area contributed by atoms with E-state index in [1.54, 1.807) is 25.1 Å². The number of amides is 1. The summed E-state index contributed by atoms with van der Waals surface area (Å²) in [5.41, 5.74) is 4.99. The SMILES string of the molecule is Cc1ccc(C)c(NS(=O)(=O)c2cc(C(=O)NC(c3ccccc3)c3ccccc3)ccc2C)c1. The number of sulfonamides is 1. The van der Waals surface area contributed by atoms with Gasteiger partial charge in [-0.15, -0.1) is 0 Å². The highest BCUT2D eigenvalue weighted by Crippen LogP contribution is 2.26. The Hall–Kier alpha value is -3.90. The van der Waals surface area contributed by atoms with E-state index < -0.39 is 10.0 Å². The van der Waals surface area contributed by atoms with Crippen LogP contribution in [0.15, 0.2) is 102 Å². The summed E-state index contributed by atoms with van der Waals surface area (Å²) < 4.78 is 29.2. The van der Waals surface area contributed by atoms with Crippen molar-refractivity contribution in [2.45, 2.75) is 31.7 Å². The molecule has 0 aliphatic rings. The highest BCUT2D eigenvalue weighted by Gasteiger charge is 2.22. The lowest BCUT2D eigenvalue weighted by atomic mass is 9.98. The largest absolute Gasteiger partial charge is 0.341 e. The Kier molecular flexibility index (Phi) is 7.03. The van der Waals surface area contributed by atoms with Crippen LogP contribution in [0.5, 0.6) is 0 Å². The lowest BCUT2D eigenvalue weighted by molar-refractivity contribution is 0.0942. The van der Waals surface area contributed by atoms with E-state index >= 15 is 0 Å². The van der Waals surface area contributed by atoms with Gasteiger partial charge in [0, 0.05) is 5.56 Å². The molecule has 0 fully saturated rings. The second-order valence-corrected chi connectivity index (χ2v) is 10.3. The van der Waals surface area contributed by atoms with Gasteiger partial charge in [0.2, 0.25) is 0 Å². The summed E-state index contributed by atoms with van der Waals surface area (Å²) >= 11 is 0. The van der Waals surface area contributed by atoms with Crippen LogP contribution in [0, 0.1) is 20.8 Å². The molecule has 0 spiro atoms. The van der Waals surface area contributed by atoms with Crippen LogP contribution in [0.3, 0.4) is 0 Å². The fraction of sp³-hybridized carbons (Fsp3) is 0.138. The maximum atomic E-state index is 13.3. The van der Waals surface area contributed by atoms with Crippen LogP contribution < -0.4 is 10.0 Å². The predicted octanol–water partition coefficient (Wildman–Crippen LogP) is 5.93. The Labute approximate surface area is 206 Å². The van der Waals surface area contributed by atoms with Crippen LogP contribution >= 0.6 is 0 Å². The molecule has 2 N–H and O–H groups in total. The molecule has 4 rings (SSSR count). The molecule has 1 amide bonds. The number of anilines is 1. The Morgan fingerprint density at radius 3 is 1.89 bits per heavy atom. The van der Waals surface area contributed by atoms with E-state index in [0.717, 1.165) is 22.3 Å². The second-order valence-electron chi connectivity index (χ2n) is 8.63. The number of rotatable bonds is 7. The average molecular weight is 485 g/mol. The zero-order valence-electron chi connectivity index (χ0n) is 19.9. The monoisotopic (exact) mass is 484 g/mol. The first-order chi connectivity index (χ1) is 16.7. The van der Waals surface area contributed by atoms with Gasteiger partial charge in [0.25, 0.3) is 15.9 Å². The van der Waals surface area contributed by atoms with Gasteiger partial charge in [-0.05, 0) is 66.8 Å². The molecule has 0 aliphatic heterocycles. The molecule has 0 unspecified atom stereocenters. The van der Waals surface area contributed by atoms with E-state index in [-0.39, 0.29) is 22.4 Å². The molecule has 0 heterocycles. The summed E-state index contributed by atoms with van der Waals surface area (Å²) in [6, 6.07) is 29.3. The van der Waals surface area contributed by atoms with Crippen molar-refractivity contribution < 1.29 is 13.2 Å². The van der Waals surface area contributed by atoms with Crippen molar-refractivity contribution >= 4 is 21.6 Å². The van der Waals surface area contributed by atoms with E-state index in [9.17, 15) is 13.2 Å². The van der Waals surface area contributed by atoms with Gasteiger partial charge in [-0.1, -0.05) is 78.9 Å². The van der Waals surface area contributed by atoms with Gasteiger partial charge in [-0.2, -0.15) is 0 Å². The summed E-state index contributed by atoms with van der Waals surface area (Å²) in [4.78, 5) is 13.4. The van der Waals surface area contributed by atoms with Crippen LogP contribution in [0.1, 0.15) is 44.2 Å². The second kappa shape index (κ2) is 10.2. The molecular formula is C29H28N2O3S. The minimum atomic E-state index is -3.90. The minimum absolute atomic E-state index is 0.0713. The Balaban J connectivity index is 1.65. The van der Waals surface area contributed by atoms with Gasteiger partial charge in [-0.25, -0.2) is 8.42 Å². The van der Waals surface area contributed by atoms with Gasteiger partial charge < -0.3 is 5.32 Å². The van der Waals surface area contributed by atoms with Crippen LogP contribution in [-0.4, -0.2) is 14.3 Å². The first-order valence-electron chi connectivity index (χ1n) is 11.4. The summed E-state index contributed by atoms with van der Waals surface area (Å²) in [5.74, 6) is -0.356. The Morgan fingerprint density at radius 2 is 1.29 bits per heavy atom. The molecule has 0 radical (unpaired) electrons. The maximum Gasteiger partial charge on any atom is 0.262 e. The third-order valence-electron chi connectivity index (χ3n) is 5.92. The van der Waals surface area contributed by atoms with E-state index in [2.05, 4.69) is 10.0 Å². The van der Waals surface area contributed by atoms with Crippen molar-refractivity contribution in [3.8, 4) is 0 Å².